The monoisotopic (exact) mass is 360 g/mol. The molecule has 1 N–H and O–H groups in total. The molecule has 0 fully saturated rings. The summed E-state index contributed by atoms with van der Waals surface area (Å²) in [6.45, 7) is 4.34. The fraction of sp³-hybridized carbons (Fsp3) is 0.143. The van der Waals surface area contributed by atoms with E-state index in [1.807, 2.05) is 24.0 Å². The molecule has 0 saturated carbocycles. The van der Waals surface area contributed by atoms with Crippen LogP contribution in [0.3, 0.4) is 0 Å². The van der Waals surface area contributed by atoms with Gasteiger partial charge in [-0.15, -0.1) is 11.3 Å². The Hall–Kier alpha value is -2.92. The predicted molar refractivity (Wildman–Crippen MR) is 109 cm³/mol. The van der Waals surface area contributed by atoms with Gasteiger partial charge in [0.05, 0.1) is 11.9 Å². The van der Waals surface area contributed by atoms with Gasteiger partial charge in [0.25, 0.3) is 0 Å². The molecule has 130 valence electrons. The van der Waals surface area contributed by atoms with Crippen molar-refractivity contribution in [2.75, 3.05) is 5.32 Å². The molecule has 4 rings (SSSR count). The third-order valence-corrected chi connectivity index (χ3v) is 5.04. The van der Waals surface area contributed by atoms with Gasteiger partial charge in [-0.25, -0.2) is 4.98 Å². The number of nitrogens with one attached hydrogen (secondary N) is 1. The zero-order valence-corrected chi connectivity index (χ0v) is 15.6. The average Bonchev–Trinajstić information content (AvgIpc) is 3.34. The Morgan fingerprint density at radius 3 is 2.69 bits per heavy atom. The number of hydrogen-bond donors (Lipinski definition) is 1. The van der Waals surface area contributed by atoms with E-state index >= 15 is 0 Å². The minimum absolute atomic E-state index is 0.401. The average molecular weight is 360 g/mol. The Balaban J connectivity index is 1.64. The first-order valence-electron chi connectivity index (χ1n) is 8.60. The maximum atomic E-state index is 4.42. The van der Waals surface area contributed by atoms with Gasteiger partial charge < -0.3 is 9.88 Å². The highest BCUT2D eigenvalue weighted by molar-refractivity contribution is 7.13. The summed E-state index contributed by atoms with van der Waals surface area (Å²) in [5, 5.41) is 6.51. The van der Waals surface area contributed by atoms with Crippen molar-refractivity contribution >= 4 is 22.8 Å². The quantitative estimate of drug-likeness (QED) is 0.475. The minimum Gasteiger partial charge on any atom is -0.340 e. The normalized spacial score (nSPS) is 11.0. The van der Waals surface area contributed by atoms with Crippen molar-refractivity contribution in [2.24, 2.45) is 0 Å². The second-order valence-corrected chi connectivity index (χ2v) is 7.29. The van der Waals surface area contributed by atoms with Crippen molar-refractivity contribution in [3.8, 4) is 21.7 Å². The second-order valence-electron chi connectivity index (χ2n) is 6.40. The van der Waals surface area contributed by atoms with E-state index in [1.165, 1.54) is 0 Å². The van der Waals surface area contributed by atoms with Crippen molar-refractivity contribution in [3.05, 3.63) is 72.6 Å². The molecule has 0 aliphatic carbocycles. The van der Waals surface area contributed by atoms with Crippen molar-refractivity contribution in [3.63, 3.8) is 0 Å². The maximum absolute atomic E-state index is 4.42. The van der Waals surface area contributed by atoms with Gasteiger partial charge in [-0.1, -0.05) is 18.2 Å². The first-order valence-corrected chi connectivity index (χ1v) is 9.48. The van der Waals surface area contributed by atoms with Crippen LogP contribution >= 0.6 is 11.3 Å². The molecule has 0 saturated heterocycles. The van der Waals surface area contributed by atoms with Gasteiger partial charge in [0.15, 0.2) is 0 Å². The zero-order chi connectivity index (χ0) is 17.9. The van der Waals surface area contributed by atoms with E-state index in [-0.39, 0.29) is 0 Å². The summed E-state index contributed by atoms with van der Waals surface area (Å²) in [7, 11) is 0. The summed E-state index contributed by atoms with van der Waals surface area (Å²) in [5.74, 6) is 1.07. The number of nitrogens with zero attached hydrogens (tertiary/aromatic N) is 3. The molecule has 0 radical (unpaired) electrons. The van der Waals surface area contributed by atoms with E-state index < -0.39 is 0 Å². The number of anilines is 2. The SMILES string of the molecule is CC(C)n1cccc1Nc1cncc(-c2cccc(-c3nccs3)c2)c1. The third kappa shape index (κ3) is 3.39. The molecule has 26 heavy (non-hydrogen) atoms. The van der Waals surface area contributed by atoms with Crippen LogP contribution in [-0.2, 0) is 0 Å². The largest absolute Gasteiger partial charge is 0.340 e. The first kappa shape index (κ1) is 16.5. The number of rotatable bonds is 5. The first-order chi connectivity index (χ1) is 12.7. The summed E-state index contributed by atoms with van der Waals surface area (Å²) in [6.07, 6.45) is 7.67. The molecule has 1 aromatic carbocycles. The summed E-state index contributed by atoms with van der Waals surface area (Å²) >= 11 is 1.65. The lowest BCUT2D eigenvalue weighted by Crippen LogP contribution is -2.04. The molecule has 0 spiro atoms. The molecule has 4 aromatic rings. The van der Waals surface area contributed by atoms with Gasteiger partial charge >= 0.3 is 0 Å². The van der Waals surface area contributed by atoms with Gasteiger partial charge in [0, 0.05) is 41.1 Å². The van der Waals surface area contributed by atoms with Crippen LogP contribution in [0.2, 0.25) is 0 Å². The minimum atomic E-state index is 0.401. The van der Waals surface area contributed by atoms with E-state index in [2.05, 4.69) is 82.4 Å². The number of thiazole rings is 1. The Morgan fingerprint density at radius 1 is 1.00 bits per heavy atom. The Labute approximate surface area is 157 Å². The maximum Gasteiger partial charge on any atom is 0.123 e. The molecular formula is C21H20N4S. The number of hydrogen-bond acceptors (Lipinski definition) is 4. The highest BCUT2D eigenvalue weighted by Gasteiger charge is 2.07. The van der Waals surface area contributed by atoms with Crippen LogP contribution in [0.25, 0.3) is 21.7 Å². The summed E-state index contributed by atoms with van der Waals surface area (Å²) in [5.41, 5.74) is 4.32. The van der Waals surface area contributed by atoms with E-state index in [1.54, 1.807) is 11.3 Å². The molecule has 4 nitrogen and oxygen atoms in total. The van der Waals surface area contributed by atoms with E-state index in [0.29, 0.717) is 6.04 Å². The molecule has 0 unspecified atom stereocenters. The Bertz CT molecular complexity index is 1000. The lowest BCUT2D eigenvalue weighted by molar-refractivity contribution is 0.611. The molecule has 0 aliphatic heterocycles. The van der Waals surface area contributed by atoms with Crippen LogP contribution in [0.15, 0.2) is 72.6 Å². The number of benzene rings is 1. The molecule has 0 atom stereocenters. The third-order valence-electron chi connectivity index (χ3n) is 4.22. The van der Waals surface area contributed by atoms with Gasteiger partial charge in [-0.3, -0.25) is 4.98 Å². The van der Waals surface area contributed by atoms with Crippen LogP contribution in [-0.4, -0.2) is 14.5 Å². The van der Waals surface area contributed by atoms with Crippen LogP contribution in [0.5, 0.6) is 0 Å². The van der Waals surface area contributed by atoms with Gasteiger partial charge in [-0.05, 0) is 43.7 Å². The summed E-state index contributed by atoms with van der Waals surface area (Å²) < 4.78 is 2.20. The van der Waals surface area contributed by atoms with Crippen LogP contribution in [0.4, 0.5) is 11.5 Å². The van der Waals surface area contributed by atoms with E-state index in [9.17, 15) is 0 Å². The van der Waals surface area contributed by atoms with Crippen molar-refractivity contribution in [1.82, 2.24) is 14.5 Å². The number of aromatic nitrogens is 3. The Morgan fingerprint density at radius 2 is 1.88 bits per heavy atom. The lowest BCUT2D eigenvalue weighted by Gasteiger charge is -2.15. The topological polar surface area (TPSA) is 42.7 Å². The van der Waals surface area contributed by atoms with Crippen LogP contribution < -0.4 is 5.32 Å². The lowest BCUT2D eigenvalue weighted by atomic mass is 10.0. The summed E-state index contributed by atoms with van der Waals surface area (Å²) in [6, 6.07) is 15.1. The molecule has 0 bridgehead atoms. The molecule has 0 amide bonds. The van der Waals surface area contributed by atoms with E-state index in [0.717, 1.165) is 33.2 Å². The predicted octanol–water partition coefficient (Wildman–Crippen LogP) is 6.00. The smallest absolute Gasteiger partial charge is 0.123 e. The van der Waals surface area contributed by atoms with E-state index in [4.69, 9.17) is 0 Å². The molecule has 5 heteroatoms. The van der Waals surface area contributed by atoms with Gasteiger partial charge in [0.2, 0.25) is 0 Å². The van der Waals surface area contributed by atoms with Gasteiger partial charge in [-0.2, -0.15) is 0 Å². The number of pyridine rings is 1. The highest BCUT2D eigenvalue weighted by atomic mass is 32.1. The van der Waals surface area contributed by atoms with Gasteiger partial charge in [0.1, 0.15) is 10.8 Å². The fourth-order valence-corrected chi connectivity index (χ4v) is 3.60. The van der Waals surface area contributed by atoms with Crippen LogP contribution in [0, 0.1) is 0 Å². The standard InChI is InChI=1S/C21H20N4S/c1-15(2)25-9-4-7-20(25)24-19-12-18(13-22-14-19)16-5-3-6-17(11-16)21-23-8-10-26-21/h3-15,24H,1-2H3. The Kier molecular flexibility index (Phi) is 4.54. The second kappa shape index (κ2) is 7.14. The van der Waals surface area contributed by atoms with Crippen LogP contribution in [0.1, 0.15) is 19.9 Å². The molecule has 3 aromatic heterocycles. The van der Waals surface area contributed by atoms with Crippen molar-refractivity contribution < 1.29 is 0 Å². The zero-order valence-electron chi connectivity index (χ0n) is 14.8. The fourth-order valence-electron chi connectivity index (χ4n) is 2.96. The molecular weight excluding hydrogens is 340 g/mol. The summed E-state index contributed by atoms with van der Waals surface area (Å²) in [4.78, 5) is 8.83. The van der Waals surface area contributed by atoms with Crippen molar-refractivity contribution in [2.45, 2.75) is 19.9 Å². The highest BCUT2D eigenvalue weighted by Crippen LogP contribution is 2.29. The molecule has 0 aliphatic rings. The van der Waals surface area contributed by atoms with Crippen molar-refractivity contribution in [1.29, 1.82) is 0 Å². The molecule has 3 heterocycles.